The number of pyridine rings is 1. The van der Waals surface area contributed by atoms with Crippen LogP contribution >= 0.6 is 11.6 Å². The summed E-state index contributed by atoms with van der Waals surface area (Å²) in [5.41, 5.74) is 1.78. The van der Waals surface area contributed by atoms with E-state index in [-0.39, 0.29) is 18.5 Å². The Morgan fingerprint density at radius 3 is 2.48 bits per heavy atom. The van der Waals surface area contributed by atoms with E-state index in [4.69, 9.17) is 16.7 Å². The molecular weight excluding hydrogens is 344 g/mol. The van der Waals surface area contributed by atoms with Crippen LogP contribution in [0.1, 0.15) is 39.5 Å². The summed E-state index contributed by atoms with van der Waals surface area (Å²) in [6, 6.07) is 8.32. The van der Waals surface area contributed by atoms with Crippen LogP contribution in [0.3, 0.4) is 0 Å². The molecule has 1 aromatic heterocycles. The zero-order chi connectivity index (χ0) is 18.6. The number of halogens is 1. The number of carboxylic acids is 1. The lowest BCUT2D eigenvalue weighted by Gasteiger charge is -2.16. The molecule has 25 heavy (non-hydrogen) atoms. The van der Waals surface area contributed by atoms with Crippen LogP contribution in [0.15, 0.2) is 35.1 Å². The van der Waals surface area contributed by atoms with Crippen molar-refractivity contribution in [3.8, 4) is 0 Å². The van der Waals surface area contributed by atoms with Gasteiger partial charge in [0.15, 0.2) is 0 Å². The number of rotatable bonds is 6. The third kappa shape index (κ3) is 4.93. The van der Waals surface area contributed by atoms with Crippen LogP contribution in [0.2, 0.25) is 5.02 Å². The van der Waals surface area contributed by atoms with Gasteiger partial charge in [0.2, 0.25) is 0 Å². The molecule has 2 rings (SSSR count). The van der Waals surface area contributed by atoms with Crippen LogP contribution in [0.25, 0.3) is 0 Å². The molecule has 0 spiro atoms. The lowest BCUT2D eigenvalue weighted by molar-refractivity contribution is -0.137. The van der Waals surface area contributed by atoms with Gasteiger partial charge in [-0.15, -0.1) is 0 Å². The maximum atomic E-state index is 12.3. The highest BCUT2D eigenvalue weighted by atomic mass is 35.5. The van der Waals surface area contributed by atoms with Gasteiger partial charge in [-0.05, 0) is 43.2 Å². The highest BCUT2D eigenvalue weighted by molar-refractivity contribution is 6.30. The fourth-order valence-corrected chi connectivity index (χ4v) is 2.59. The first-order valence-corrected chi connectivity index (χ1v) is 8.11. The Kier molecular flexibility index (Phi) is 5.98. The molecule has 1 aromatic carbocycles. The molecule has 3 N–H and O–H groups in total. The summed E-state index contributed by atoms with van der Waals surface area (Å²) < 4.78 is 0. The maximum Gasteiger partial charge on any atom is 0.304 e. The number of carbonyl (C=O) groups excluding carboxylic acids is 1. The number of hydrogen-bond acceptors (Lipinski definition) is 3. The molecule has 0 fully saturated rings. The Morgan fingerprint density at radius 1 is 1.24 bits per heavy atom. The predicted octanol–water partition coefficient (Wildman–Crippen LogP) is 2.63. The minimum atomic E-state index is -0.974. The molecule has 1 heterocycles. The van der Waals surface area contributed by atoms with Gasteiger partial charge in [0.05, 0.1) is 6.42 Å². The third-order valence-electron chi connectivity index (χ3n) is 4.01. The second kappa shape index (κ2) is 7.98. The fraction of sp³-hybridized carbons (Fsp3) is 0.278. The number of aromatic nitrogens is 1. The number of carboxylic acid groups (broad SMARTS) is 1. The number of amides is 1. The van der Waals surface area contributed by atoms with Gasteiger partial charge in [0, 0.05) is 23.2 Å². The van der Waals surface area contributed by atoms with Gasteiger partial charge in [-0.2, -0.15) is 0 Å². The number of nitrogens with one attached hydrogen (secondary N) is 2. The van der Waals surface area contributed by atoms with E-state index in [2.05, 4.69) is 10.3 Å². The predicted molar refractivity (Wildman–Crippen MR) is 95.3 cm³/mol. The molecular formula is C18H19ClN2O4. The standard InChI is InChI=1S/C18H19ClN2O4/c1-10-7-15(18(25)21-11(10)2)17(24)20-9-13(8-16(22)23)12-3-5-14(19)6-4-12/h3-7,13H,8-9H2,1-2H3,(H,20,24)(H,21,25)(H,22,23). The van der Waals surface area contributed by atoms with Gasteiger partial charge in [-0.25, -0.2) is 0 Å². The van der Waals surface area contributed by atoms with Gasteiger partial charge in [0.25, 0.3) is 11.5 Å². The van der Waals surface area contributed by atoms with Crippen LogP contribution in [0, 0.1) is 13.8 Å². The van der Waals surface area contributed by atoms with E-state index in [1.165, 1.54) is 6.07 Å². The Labute approximate surface area is 149 Å². The van der Waals surface area contributed by atoms with Crippen LogP contribution in [-0.4, -0.2) is 28.5 Å². The SMILES string of the molecule is Cc1cc(C(=O)NCC(CC(=O)O)c2ccc(Cl)cc2)c(=O)[nH]c1C. The summed E-state index contributed by atoms with van der Waals surface area (Å²) >= 11 is 5.85. The van der Waals surface area contributed by atoms with Crippen molar-refractivity contribution in [2.75, 3.05) is 6.54 Å². The smallest absolute Gasteiger partial charge is 0.304 e. The highest BCUT2D eigenvalue weighted by Crippen LogP contribution is 2.21. The number of aryl methyl sites for hydroxylation is 2. The molecule has 0 aliphatic carbocycles. The quantitative estimate of drug-likeness (QED) is 0.735. The fourth-order valence-electron chi connectivity index (χ4n) is 2.46. The molecule has 0 bridgehead atoms. The third-order valence-corrected chi connectivity index (χ3v) is 4.27. The van der Waals surface area contributed by atoms with Crippen molar-refractivity contribution in [2.24, 2.45) is 0 Å². The molecule has 1 atom stereocenters. The van der Waals surface area contributed by atoms with Gasteiger partial charge in [-0.1, -0.05) is 23.7 Å². The summed E-state index contributed by atoms with van der Waals surface area (Å²) in [6.07, 6.45) is -0.148. The number of aromatic amines is 1. The topological polar surface area (TPSA) is 99.3 Å². The molecule has 0 saturated carbocycles. The zero-order valence-corrected chi connectivity index (χ0v) is 14.7. The van der Waals surface area contributed by atoms with E-state index in [1.54, 1.807) is 38.1 Å². The first-order valence-electron chi connectivity index (χ1n) is 7.74. The Bertz CT molecular complexity index is 843. The van der Waals surface area contributed by atoms with Crippen LogP contribution in [0.5, 0.6) is 0 Å². The maximum absolute atomic E-state index is 12.3. The normalized spacial score (nSPS) is 11.8. The Balaban J connectivity index is 2.16. The molecule has 7 heteroatoms. The van der Waals surface area contributed by atoms with Gasteiger partial charge in [-0.3, -0.25) is 14.4 Å². The molecule has 6 nitrogen and oxygen atoms in total. The van der Waals surface area contributed by atoms with Crippen molar-refractivity contribution < 1.29 is 14.7 Å². The molecule has 1 unspecified atom stereocenters. The van der Waals surface area contributed by atoms with Crippen molar-refractivity contribution in [1.29, 1.82) is 0 Å². The molecule has 0 aliphatic rings. The zero-order valence-electron chi connectivity index (χ0n) is 13.9. The number of H-pyrrole nitrogens is 1. The first kappa shape index (κ1) is 18.7. The second-order valence-corrected chi connectivity index (χ2v) is 6.31. The largest absolute Gasteiger partial charge is 0.481 e. The minimum absolute atomic E-state index is 0.00767. The molecule has 2 aromatic rings. The summed E-state index contributed by atoms with van der Waals surface area (Å²) in [5, 5.41) is 12.3. The first-order chi connectivity index (χ1) is 11.8. The van der Waals surface area contributed by atoms with E-state index in [0.717, 1.165) is 11.1 Å². The Morgan fingerprint density at radius 2 is 1.88 bits per heavy atom. The number of hydrogen-bond donors (Lipinski definition) is 3. The average molecular weight is 363 g/mol. The summed E-state index contributed by atoms with van der Waals surface area (Å²) in [5.74, 6) is -1.93. The molecule has 0 aliphatic heterocycles. The monoisotopic (exact) mass is 362 g/mol. The lowest BCUT2D eigenvalue weighted by atomic mass is 9.95. The van der Waals surface area contributed by atoms with Crippen molar-refractivity contribution in [2.45, 2.75) is 26.2 Å². The minimum Gasteiger partial charge on any atom is -0.481 e. The molecule has 0 saturated heterocycles. The van der Waals surface area contributed by atoms with Crippen molar-refractivity contribution in [3.05, 3.63) is 68.1 Å². The van der Waals surface area contributed by atoms with Gasteiger partial charge < -0.3 is 15.4 Å². The molecule has 0 radical (unpaired) electrons. The number of aliphatic carboxylic acids is 1. The van der Waals surface area contributed by atoms with Crippen LogP contribution in [-0.2, 0) is 4.79 Å². The van der Waals surface area contributed by atoms with E-state index in [9.17, 15) is 14.4 Å². The van der Waals surface area contributed by atoms with Gasteiger partial charge in [0.1, 0.15) is 5.56 Å². The van der Waals surface area contributed by atoms with Crippen molar-refractivity contribution in [3.63, 3.8) is 0 Å². The van der Waals surface area contributed by atoms with E-state index in [0.29, 0.717) is 10.7 Å². The summed E-state index contributed by atoms with van der Waals surface area (Å²) in [7, 11) is 0. The Hall–Kier alpha value is -2.60. The van der Waals surface area contributed by atoms with E-state index >= 15 is 0 Å². The number of carbonyl (C=O) groups is 2. The van der Waals surface area contributed by atoms with Crippen molar-refractivity contribution in [1.82, 2.24) is 10.3 Å². The van der Waals surface area contributed by atoms with Gasteiger partial charge >= 0.3 is 5.97 Å². The van der Waals surface area contributed by atoms with Crippen LogP contribution in [0.4, 0.5) is 0 Å². The number of benzene rings is 1. The van der Waals surface area contributed by atoms with E-state index < -0.39 is 23.4 Å². The average Bonchev–Trinajstić information content (AvgIpc) is 2.55. The second-order valence-electron chi connectivity index (χ2n) is 5.88. The lowest BCUT2D eigenvalue weighted by Crippen LogP contribution is -2.33. The van der Waals surface area contributed by atoms with E-state index in [1.807, 2.05) is 0 Å². The van der Waals surface area contributed by atoms with Crippen LogP contribution < -0.4 is 10.9 Å². The molecule has 1 amide bonds. The summed E-state index contributed by atoms with van der Waals surface area (Å²) in [6.45, 7) is 3.64. The molecule has 132 valence electrons. The highest BCUT2D eigenvalue weighted by Gasteiger charge is 2.18. The van der Waals surface area contributed by atoms with Crippen molar-refractivity contribution >= 4 is 23.5 Å². The summed E-state index contributed by atoms with van der Waals surface area (Å²) in [4.78, 5) is 38.0.